The number of pyridine rings is 1. The lowest BCUT2D eigenvalue weighted by atomic mass is 10.1. The van der Waals surface area contributed by atoms with Gasteiger partial charge in [-0.15, -0.1) is 0 Å². The Morgan fingerprint density at radius 1 is 0.966 bits per heavy atom. The minimum absolute atomic E-state index is 0.152. The van der Waals surface area contributed by atoms with Gasteiger partial charge in [0, 0.05) is 42.8 Å². The summed E-state index contributed by atoms with van der Waals surface area (Å²) in [7, 11) is 0. The van der Waals surface area contributed by atoms with Crippen LogP contribution >= 0.6 is 0 Å². The Hall–Kier alpha value is -3.34. The molecule has 0 fully saturated rings. The van der Waals surface area contributed by atoms with E-state index >= 15 is 0 Å². The lowest BCUT2D eigenvalue weighted by Gasteiger charge is -2.21. The maximum Gasteiger partial charge on any atom is 0.255 e. The highest BCUT2D eigenvalue weighted by atomic mass is 16.1. The summed E-state index contributed by atoms with van der Waals surface area (Å²) in [6.45, 7) is 8.90. The van der Waals surface area contributed by atoms with E-state index in [0.717, 1.165) is 24.5 Å². The quantitative estimate of drug-likeness (QED) is 0.564. The van der Waals surface area contributed by atoms with Crippen LogP contribution in [0.1, 0.15) is 35.3 Å². The first-order valence-corrected chi connectivity index (χ1v) is 10.0. The van der Waals surface area contributed by atoms with E-state index in [2.05, 4.69) is 65.6 Å². The van der Waals surface area contributed by atoms with Crippen molar-refractivity contribution in [2.75, 3.05) is 28.6 Å². The second kappa shape index (κ2) is 9.73. The Kier molecular flexibility index (Phi) is 6.85. The van der Waals surface area contributed by atoms with Gasteiger partial charge in [0.25, 0.3) is 5.91 Å². The molecule has 0 atom stereocenters. The third-order valence-electron chi connectivity index (χ3n) is 4.87. The molecule has 0 bridgehead atoms. The molecule has 0 unspecified atom stereocenters. The van der Waals surface area contributed by atoms with Gasteiger partial charge in [-0.3, -0.25) is 4.79 Å². The minimum Gasteiger partial charge on any atom is -0.372 e. The highest BCUT2D eigenvalue weighted by molar-refractivity contribution is 6.04. The van der Waals surface area contributed by atoms with Crippen molar-refractivity contribution in [3.05, 3.63) is 83.6 Å². The standard InChI is InChI=1S/C24H28N4O/c1-4-28(5-2)22-12-10-21(11-13-22)27-24(29)20-14-15-25-23(16-20)26-17-19-8-6-18(3)7-9-19/h6-16H,4-5,17H2,1-3H3,(H,25,26)(H,27,29). The van der Waals surface area contributed by atoms with Gasteiger partial charge < -0.3 is 15.5 Å². The number of carbonyl (C=O) groups excluding carboxylic acids is 1. The van der Waals surface area contributed by atoms with Crippen LogP contribution in [-0.2, 0) is 6.54 Å². The Morgan fingerprint density at radius 3 is 2.31 bits per heavy atom. The molecule has 0 radical (unpaired) electrons. The number of carbonyl (C=O) groups is 1. The van der Waals surface area contributed by atoms with E-state index < -0.39 is 0 Å². The summed E-state index contributed by atoms with van der Waals surface area (Å²) in [5.41, 5.74) is 4.90. The van der Waals surface area contributed by atoms with E-state index in [1.807, 2.05) is 24.3 Å². The topological polar surface area (TPSA) is 57.3 Å². The molecule has 0 aliphatic heterocycles. The van der Waals surface area contributed by atoms with E-state index in [4.69, 9.17) is 0 Å². The molecule has 2 N–H and O–H groups in total. The normalized spacial score (nSPS) is 10.4. The number of rotatable bonds is 8. The van der Waals surface area contributed by atoms with Crippen LogP contribution < -0.4 is 15.5 Å². The molecule has 0 spiro atoms. The van der Waals surface area contributed by atoms with Crippen molar-refractivity contribution in [2.45, 2.75) is 27.3 Å². The van der Waals surface area contributed by atoms with Crippen LogP contribution in [0.15, 0.2) is 66.9 Å². The van der Waals surface area contributed by atoms with Crippen molar-refractivity contribution in [3.8, 4) is 0 Å². The van der Waals surface area contributed by atoms with Crippen molar-refractivity contribution < 1.29 is 4.79 Å². The molecule has 29 heavy (non-hydrogen) atoms. The molecule has 3 rings (SSSR count). The summed E-state index contributed by atoms with van der Waals surface area (Å²) in [4.78, 5) is 19.2. The van der Waals surface area contributed by atoms with E-state index in [9.17, 15) is 4.79 Å². The first-order valence-electron chi connectivity index (χ1n) is 10.0. The number of amides is 1. The Morgan fingerprint density at radius 2 is 1.66 bits per heavy atom. The zero-order chi connectivity index (χ0) is 20.6. The number of nitrogens with one attached hydrogen (secondary N) is 2. The van der Waals surface area contributed by atoms with E-state index in [1.165, 1.54) is 11.1 Å². The lowest BCUT2D eigenvalue weighted by Crippen LogP contribution is -2.21. The minimum atomic E-state index is -0.152. The summed E-state index contributed by atoms with van der Waals surface area (Å²) < 4.78 is 0. The van der Waals surface area contributed by atoms with Gasteiger partial charge in [-0.1, -0.05) is 29.8 Å². The van der Waals surface area contributed by atoms with Gasteiger partial charge in [-0.25, -0.2) is 4.98 Å². The number of aryl methyl sites for hydroxylation is 1. The summed E-state index contributed by atoms with van der Waals surface area (Å²) in [5, 5.41) is 6.23. The summed E-state index contributed by atoms with van der Waals surface area (Å²) >= 11 is 0. The lowest BCUT2D eigenvalue weighted by molar-refractivity contribution is 0.102. The molecule has 0 saturated heterocycles. The molecular weight excluding hydrogens is 360 g/mol. The summed E-state index contributed by atoms with van der Waals surface area (Å²) in [5.74, 6) is 0.525. The molecule has 1 amide bonds. The van der Waals surface area contributed by atoms with Crippen molar-refractivity contribution in [1.29, 1.82) is 0 Å². The van der Waals surface area contributed by atoms with E-state index in [-0.39, 0.29) is 5.91 Å². The summed E-state index contributed by atoms with van der Waals surface area (Å²) in [6.07, 6.45) is 1.65. The maximum absolute atomic E-state index is 12.6. The molecule has 150 valence electrons. The fourth-order valence-corrected chi connectivity index (χ4v) is 3.11. The summed E-state index contributed by atoms with van der Waals surface area (Å²) in [6, 6.07) is 19.8. The highest BCUT2D eigenvalue weighted by Gasteiger charge is 2.08. The average molecular weight is 389 g/mol. The second-order valence-corrected chi connectivity index (χ2v) is 6.94. The molecule has 0 aliphatic rings. The fourth-order valence-electron chi connectivity index (χ4n) is 3.11. The van der Waals surface area contributed by atoms with Crippen LogP contribution in [0.2, 0.25) is 0 Å². The smallest absolute Gasteiger partial charge is 0.255 e. The predicted molar refractivity (Wildman–Crippen MR) is 121 cm³/mol. The SMILES string of the molecule is CCN(CC)c1ccc(NC(=O)c2ccnc(NCc3ccc(C)cc3)c2)cc1. The molecule has 0 saturated carbocycles. The van der Waals surface area contributed by atoms with Gasteiger partial charge >= 0.3 is 0 Å². The first kappa shape index (κ1) is 20.4. The van der Waals surface area contributed by atoms with Gasteiger partial charge in [0.15, 0.2) is 0 Å². The average Bonchev–Trinajstić information content (AvgIpc) is 2.75. The zero-order valence-corrected chi connectivity index (χ0v) is 17.3. The third kappa shape index (κ3) is 5.57. The zero-order valence-electron chi connectivity index (χ0n) is 17.3. The van der Waals surface area contributed by atoms with Crippen molar-refractivity contribution in [1.82, 2.24) is 4.98 Å². The van der Waals surface area contributed by atoms with Crippen molar-refractivity contribution >= 4 is 23.1 Å². The molecular formula is C24H28N4O. The van der Waals surface area contributed by atoms with E-state index in [1.54, 1.807) is 18.3 Å². The van der Waals surface area contributed by atoms with Crippen LogP contribution in [0.3, 0.4) is 0 Å². The maximum atomic E-state index is 12.6. The largest absolute Gasteiger partial charge is 0.372 e. The van der Waals surface area contributed by atoms with Crippen molar-refractivity contribution in [2.24, 2.45) is 0 Å². The Bertz CT molecular complexity index is 932. The first-order chi connectivity index (χ1) is 14.1. The fraction of sp³-hybridized carbons (Fsp3) is 0.250. The molecule has 3 aromatic rings. The number of nitrogens with zero attached hydrogens (tertiary/aromatic N) is 2. The third-order valence-corrected chi connectivity index (χ3v) is 4.87. The molecule has 1 aromatic heterocycles. The Labute approximate surface area is 172 Å². The van der Waals surface area contributed by atoms with E-state index in [0.29, 0.717) is 17.9 Å². The predicted octanol–water partition coefficient (Wildman–Crippen LogP) is 5.10. The van der Waals surface area contributed by atoms with Crippen LogP contribution in [0, 0.1) is 6.92 Å². The number of anilines is 3. The van der Waals surface area contributed by atoms with Crippen molar-refractivity contribution in [3.63, 3.8) is 0 Å². The van der Waals surface area contributed by atoms with Gasteiger partial charge in [0.05, 0.1) is 0 Å². The molecule has 1 heterocycles. The number of aromatic nitrogens is 1. The number of hydrogen-bond acceptors (Lipinski definition) is 4. The van der Waals surface area contributed by atoms with Gasteiger partial charge in [0.2, 0.25) is 0 Å². The molecule has 0 aliphatic carbocycles. The molecule has 2 aromatic carbocycles. The van der Waals surface area contributed by atoms with Gasteiger partial charge in [-0.05, 0) is 62.7 Å². The number of benzene rings is 2. The number of hydrogen-bond donors (Lipinski definition) is 2. The highest BCUT2D eigenvalue weighted by Crippen LogP contribution is 2.19. The van der Waals surface area contributed by atoms with Crippen LogP contribution in [0.5, 0.6) is 0 Å². The second-order valence-electron chi connectivity index (χ2n) is 6.94. The Balaban J connectivity index is 1.62. The monoisotopic (exact) mass is 388 g/mol. The molecule has 5 nitrogen and oxygen atoms in total. The van der Waals surface area contributed by atoms with Crippen LogP contribution in [-0.4, -0.2) is 24.0 Å². The van der Waals surface area contributed by atoms with Crippen LogP contribution in [0.25, 0.3) is 0 Å². The van der Waals surface area contributed by atoms with Crippen LogP contribution in [0.4, 0.5) is 17.2 Å². The van der Waals surface area contributed by atoms with Gasteiger partial charge in [0.1, 0.15) is 5.82 Å². The van der Waals surface area contributed by atoms with Gasteiger partial charge in [-0.2, -0.15) is 0 Å². The molecule has 5 heteroatoms.